The van der Waals surface area contributed by atoms with Crippen LogP contribution in [0.4, 0.5) is 4.39 Å². The molecule has 0 aliphatic rings. The van der Waals surface area contributed by atoms with E-state index in [1.807, 2.05) is 25.2 Å². The van der Waals surface area contributed by atoms with Crippen LogP contribution in [0.2, 0.25) is 0 Å². The van der Waals surface area contributed by atoms with E-state index >= 15 is 0 Å². The number of ether oxygens (including phenoxy) is 2. The monoisotopic (exact) mass is 276 g/mol. The standard InChI is InChI=1S/C15H17FN2O2/c1-17-15(13-6-4-10(16)9-18-13)12-8-11(19-2)5-7-14(12)20-3/h4-9,15,17H,1-3H3. The third-order valence-corrected chi connectivity index (χ3v) is 3.08. The van der Waals surface area contributed by atoms with Gasteiger partial charge in [-0.2, -0.15) is 0 Å². The molecule has 5 heteroatoms. The summed E-state index contributed by atoms with van der Waals surface area (Å²) in [5.74, 6) is 1.08. The second kappa shape index (κ2) is 6.34. The highest BCUT2D eigenvalue weighted by Crippen LogP contribution is 2.32. The fourth-order valence-corrected chi connectivity index (χ4v) is 2.09. The van der Waals surface area contributed by atoms with Gasteiger partial charge in [0.25, 0.3) is 0 Å². The first kappa shape index (κ1) is 14.3. The summed E-state index contributed by atoms with van der Waals surface area (Å²) in [5.41, 5.74) is 1.59. The lowest BCUT2D eigenvalue weighted by molar-refractivity contribution is 0.394. The molecule has 1 aromatic heterocycles. The zero-order valence-electron chi connectivity index (χ0n) is 11.7. The van der Waals surface area contributed by atoms with Crippen molar-refractivity contribution in [1.82, 2.24) is 10.3 Å². The minimum atomic E-state index is -0.360. The molecule has 0 fully saturated rings. The summed E-state index contributed by atoms with van der Waals surface area (Å²) in [5, 5.41) is 3.16. The highest BCUT2D eigenvalue weighted by Gasteiger charge is 2.18. The SMILES string of the molecule is CNC(c1ccc(F)cn1)c1cc(OC)ccc1OC. The molecular weight excluding hydrogens is 259 g/mol. The fourth-order valence-electron chi connectivity index (χ4n) is 2.09. The Bertz CT molecular complexity index is 573. The topological polar surface area (TPSA) is 43.4 Å². The largest absolute Gasteiger partial charge is 0.497 e. The van der Waals surface area contributed by atoms with Gasteiger partial charge in [0.05, 0.1) is 32.2 Å². The summed E-state index contributed by atoms with van der Waals surface area (Å²) in [6.07, 6.45) is 1.20. The van der Waals surface area contributed by atoms with Crippen LogP contribution in [0.25, 0.3) is 0 Å². The number of benzene rings is 1. The number of halogens is 1. The Balaban J connectivity index is 2.47. The maximum Gasteiger partial charge on any atom is 0.141 e. The molecule has 0 radical (unpaired) electrons. The van der Waals surface area contributed by atoms with Crippen LogP contribution in [0.1, 0.15) is 17.3 Å². The Morgan fingerprint density at radius 1 is 1.15 bits per heavy atom. The van der Waals surface area contributed by atoms with Crippen LogP contribution < -0.4 is 14.8 Å². The highest BCUT2D eigenvalue weighted by molar-refractivity contribution is 5.45. The van der Waals surface area contributed by atoms with Gasteiger partial charge >= 0.3 is 0 Å². The van der Waals surface area contributed by atoms with E-state index in [9.17, 15) is 4.39 Å². The van der Waals surface area contributed by atoms with E-state index in [2.05, 4.69) is 10.3 Å². The number of pyridine rings is 1. The van der Waals surface area contributed by atoms with Crippen molar-refractivity contribution in [3.8, 4) is 11.5 Å². The number of rotatable bonds is 5. The van der Waals surface area contributed by atoms with Crippen molar-refractivity contribution in [1.29, 1.82) is 0 Å². The number of methoxy groups -OCH3 is 2. The molecule has 0 aliphatic carbocycles. The fraction of sp³-hybridized carbons (Fsp3) is 0.267. The molecule has 0 saturated heterocycles. The summed E-state index contributed by atoms with van der Waals surface area (Å²) in [6.45, 7) is 0. The van der Waals surface area contributed by atoms with Crippen molar-refractivity contribution in [2.24, 2.45) is 0 Å². The molecular formula is C15H17FN2O2. The van der Waals surface area contributed by atoms with Crippen LogP contribution in [0.5, 0.6) is 11.5 Å². The number of hydrogen-bond acceptors (Lipinski definition) is 4. The average Bonchev–Trinajstić information content (AvgIpc) is 2.49. The molecule has 1 heterocycles. The summed E-state index contributed by atoms with van der Waals surface area (Å²) in [6, 6.07) is 8.37. The van der Waals surface area contributed by atoms with Crippen molar-refractivity contribution >= 4 is 0 Å². The predicted molar refractivity (Wildman–Crippen MR) is 74.6 cm³/mol. The molecule has 0 amide bonds. The number of nitrogens with one attached hydrogen (secondary N) is 1. The second-order valence-corrected chi connectivity index (χ2v) is 4.23. The predicted octanol–water partition coefficient (Wildman–Crippen LogP) is 2.55. The molecule has 2 aromatic rings. The first-order chi connectivity index (χ1) is 9.69. The van der Waals surface area contributed by atoms with Gasteiger partial charge in [-0.25, -0.2) is 4.39 Å². The maximum absolute atomic E-state index is 13.0. The molecule has 1 N–H and O–H groups in total. The van der Waals surface area contributed by atoms with Crippen LogP contribution in [0.3, 0.4) is 0 Å². The van der Waals surface area contributed by atoms with Gasteiger partial charge < -0.3 is 14.8 Å². The van der Waals surface area contributed by atoms with Gasteiger partial charge in [0.2, 0.25) is 0 Å². The zero-order valence-corrected chi connectivity index (χ0v) is 11.7. The number of aromatic nitrogens is 1. The molecule has 106 valence electrons. The molecule has 0 bridgehead atoms. The zero-order chi connectivity index (χ0) is 14.5. The normalized spacial score (nSPS) is 12.0. The van der Waals surface area contributed by atoms with Gasteiger partial charge in [-0.3, -0.25) is 4.98 Å². The molecule has 0 saturated carbocycles. The first-order valence-corrected chi connectivity index (χ1v) is 6.20. The van der Waals surface area contributed by atoms with Crippen molar-refractivity contribution in [2.75, 3.05) is 21.3 Å². The third kappa shape index (κ3) is 2.88. The van der Waals surface area contributed by atoms with Crippen molar-refractivity contribution < 1.29 is 13.9 Å². The van der Waals surface area contributed by atoms with E-state index in [0.717, 1.165) is 17.1 Å². The summed E-state index contributed by atoms with van der Waals surface area (Å²) < 4.78 is 23.6. The Morgan fingerprint density at radius 3 is 2.50 bits per heavy atom. The Kier molecular flexibility index (Phi) is 4.53. The lowest BCUT2D eigenvalue weighted by Crippen LogP contribution is -2.19. The van der Waals surface area contributed by atoms with E-state index in [1.54, 1.807) is 20.3 Å². The Morgan fingerprint density at radius 2 is 1.95 bits per heavy atom. The molecule has 1 atom stereocenters. The molecule has 0 spiro atoms. The minimum absolute atomic E-state index is 0.208. The molecule has 20 heavy (non-hydrogen) atoms. The lowest BCUT2D eigenvalue weighted by Gasteiger charge is -2.19. The van der Waals surface area contributed by atoms with Crippen LogP contribution in [0, 0.1) is 5.82 Å². The summed E-state index contributed by atoms with van der Waals surface area (Å²) in [4.78, 5) is 4.12. The smallest absolute Gasteiger partial charge is 0.141 e. The van der Waals surface area contributed by atoms with Crippen LogP contribution in [0.15, 0.2) is 36.5 Å². The summed E-state index contributed by atoms with van der Waals surface area (Å²) in [7, 11) is 5.03. The average molecular weight is 276 g/mol. The van der Waals surface area contributed by atoms with E-state index in [-0.39, 0.29) is 11.9 Å². The maximum atomic E-state index is 13.0. The molecule has 4 nitrogen and oxygen atoms in total. The lowest BCUT2D eigenvalue weighted by atomic mass is 10.0. The molecule has 1 unspecified atom stereocenters. The van der Waals surface area contributed by atoms with Crippen LogP contribution in [-0.4, -0.2) is 26.3 Å². The Hall–Kier alpha value is -2.14. The van der Waals surface area contributed by atoms with Crippen molar-refractivity contribution in [3.63, 3.8) is 0 Å². The van der Waals surface area contributed by atoms with Gasteiger partial charge in [0.15, 0.2) is 0 Å². The molecule has 0 aliphatic heterocycles. The number of nitrogens with zero attached hydrogens (tertiary/aromatic N) is 1. The van der Waals surface area contributed by atoms with E-state index in [0.29, 0.717) is 5.69 Å². The third-order valence-electron chi connectivity index (χ3n) is 3.08. The van der Waals surface area contributed by atoms with E-state index in [1.165, 1.54) is 12.3 Å². The van der Waals surface area contributed by atoms with Crippen molar-refractivity contribution in [2.45, 2.75) is 6.04 Å². The number of hydrogen-bond donors (Lipinski definition) is 1. The van der Waals surface area contributed by atoms with E-state index < -0.39 is 0 Å². The van der Waals surface area contributed by atoms with Crippen LogP contribution >= 0.6 is 0 Å². The minimum Gasteiger partial charge on any atom is -0.497 e. The van der Waals surface area contributed by atoms with Gasteiger partial charge in [-0.15, -0.1) is 0 Å². The molecule has 1 aromatic carbocycles. The van der Waals surface area contributed by atoms with Gasteiger partial charge in [-0.05, 0) is 37.4 Å². The summed E-state index contributed by atoms with van der Waals surface area (Å²) >= 11 is 0. The quantitative estimate of drug-likeness (QED) is 0.911. The van der Waals surface area contributed by atoms with Gasteiger partial charge in [-0.1, -0.05) is 0 Å². The Labute approximate surface area is 117 Å². The van der Waals surface area contributed by atoms with E-state index in [4.69, 9.17) is 9.47 Å². The van der Waals surface area contributed by atoms with Gasteiger partial charge in [0, 0.05) is 5.56 Å². The van der Waals surface area contributed by atoms with Crippen LogP contribution in [-0.2, 0) is 0 Å². The van der Waals surface area contributed by atoms with Gasteiger partial charge in [0.1, 0.15) is 17.3 Å². The first-order valence-electron chi connectivity index (χ1n) is 6.20. The van der Waals surface area contributed by atoms with Crippen molar-refractivity contribution in [3.05, 3.63) is 53.6 Å². The second-order valence-electron chi connectivity index (χ2n) is 4.23. The highest BCUT2D eigenvalue weighted by atomic mass is 19.1. The molecule has 2 rings (SSSR count).